The molecule has 0 heterocycles. The topological polar surface area (TPSA) is 41.3 Å². The molecule has 106 valence electrons. The van der Waals surface area contributed by atoms with E-state index in [1.807, 2.05) is 13.0 Å². The van der Waals surface area contributed by atoms with Gasteiger partial charge in [-0.25, -0.2) is 0 Å². The molecule has 3 nitrogen and oxygen atoms in total. The van der Waals surface area contributed by atoms with Crippen molar-refractivity contribution in [2.75, 3.05) is 31.2 Å². The second kappa shape index (κ2) is 6.62. The van der Waals surface area contributed by atoms with Gasteiger partial charge in [0.05, 0.1) is 0 Å². The van der Waals surface area contributed by atoms with Crippen molar-refractivity contribution in [2.24, 2.45) is 0 Å². The molecule has 0 amide bonds. The fraction of sp³-hybridized carbons (Fsp3) is 0.600. The van der Waals surface area contributed by atoms with Crippen LogP contribution in [-0.2, 0) is 0 Å². The second-order valence-corrected chi connectivity index (χ2v) is 6.39. The van der Waals surface area contributed by atoms with Gasteiger partial charge in [0.2, 0.25) is 0 Å². The highest BCUT2D eigenvalue weighted by atomic mass is 79.9. The maximum absolute atomic E-state index is 5.88. The van der Waals surface area contributed by atoms with E-state index < -0.39 is 0 Å². The average molecular weight is 326 g/mol. The van der Waals surface area contributed by atoms with Gasteiger partial charge < -0.3 is 16.0 Å². The van der Waals surface area contributed by atoms with E-state index in [-0.39, 0.29) is 0 Å². The summed E-state index contributed by atoms with van der Waals surface area (Å²) >= 11 is 3.56. The number of rotatable bonds is 5. The quantitative estimate of drug-likeness (QED) is 0.812. The first-order valence-electron chi connectivity index (χ1n) is 7.07. The van der Waals surface area contributed by atoms with Gasteiger partial charge in [0.1, 0.15) is 0 Å². The van der Waals surface area contributed by atoms with Gasteiger partial charge in [-0.2, -0.15) is 0 Å². The number of nitrogens with zero attached hydrogens (tertiary/aromatic N) is 1. The van der Waals surface area contributed by atoms with Crippen molar-refractivity contribution >= 4 is 27.3 Å². The van der Waals surface area contributed by atoms with E-state index in [2.05, 4.69) is 39.3 Å². The van der Waals surface area contributed by atoms with Gasteiger partial charge in [-0.3, -0.25) is 0 Å². The Kier molecular flexibility index (Phi) is 5.11. The highest BCUT2D eigenvalue weighted by Crippen LogP contribution is 2.27. The zero-order chi connectivity index (χ0) is 13.8. The first-order chi connectivity index (χ1) is 9.08. The van der Waals surface area contributed by atoms with Gasteiger partial charge >= 0.3 is 0 Å². The van der Waals surface area contributed by atoms with E-state index in [4.69, 9.17) is 5.73 Å². The summed E-state index contributed by atoms with van der Waals surface area (Å²) in [7, 11) is 2.24. The third-order valence-electron chi connectivity index (χ3n) is 4.08. The van der Waals surface area contributed by atoms with E-state index >= 15 is 0 Å². The van der Waals surface area contributed by atoms with E-state index in [1.54, 1.807) is 0 Å². The van der Waals surface area contributed by atoms with E-state index in [9.17, 15) is 0 Å². The molecule has 0 aliphatic heterocycles. The number of benzene rings is 1. The predicted molar refractivity (Wildman–Crippen MR) is 86.7 cm³/mol. The van der Waals surface area contributed by atoms with Crippen molar-refractivity contribution in [3.63, 3.8) is 0 Å². The molecule has 19 heavy (non-hydrogen) atoms. The van der Waals surface area contributed by atoms with Gasteiger partial charge in [0.25, 0.3) is 0 Å². The van der Waals surface area contributed by atoms with Crippen LogP contribution >= 0.6 is 15.9 Å². The van der Waals surface area contributed by atoms with Crippen LogP contribution in [0, 0.1) is 6.92 Å². The molecular weight excluding hydrogens is 302 g/mol. The molecule has 4 heteroatoms. The SMILES string of the molecule is Cc1cc(NCCN(C)C2CCCC2)c(Br)cc1N. The Morgan fingerprint density at radius 2 is 2.05 bits per heavy atom. The van der Waals surface area contributed by atoms with Crippen molar-refractivity contribution in [3.8, 4) is 0 Å². The number of anilines is 2. The molecule has 2 rings (SSSR count). The number of hydrogen-bond acceptors (Lipinski definition) is 3. The van der Waals surface area contributed by atoms with Gasteiger partial charge in [-0.15, -0.1) is 0 Å². The lowest BCUT2D eigenvalue weighted by molar-refractivity contribution is 0.254. The lowest BCUT2D eigenvalue weighted by Gasteiger charge is -2.24. The van der Waals surface area contributed by atoms with Crippen molar-refractivity contribution in [3.05, 3.63) is 22.2 Å². The summed E-state index contributed by atoms with van der Waals surface area (Å²) in [5.41, 5.74) is 8.97. The normalized spacial score (nSPS) is 16.2. The molecule has 0 spiro atoms. The molecule has 0 aromatic heterocycles. The summed E-state index contributed by atoms with van der Waals surface area (Å²) in [6, 6.07) is 4.87. The molecule has 1 aliphatic carbocycles. The molecule has 1 aromatic rings. The minimum Gasteiger partial charge on any atom is -0.398 e. The smallest absolute Gasteiger partial charge is 0.0489 e. The molecule has 0 atom stereocenters. The standard InChI is InChI=1S/C15H24BrN3/c1-11-9-15(13(16)10-14(11)17)18-7-8-19(2)12-5-3-4-6-12/h9-10,12,18H,3-8,17H2,1-2H3. The van der Waals surface area contributed by atoms with Crippen molar-refractivity contribution in [1.82, 2.24) is 4.90 Å². The number of hydrogen-bond donors (Lipinski definition) is 2. The van der Waals surface area contributed by atoms with Crippen LogP contribution in [0.1, 0.15) is 31.2 Å². The molecule has 1 saturated carbocycles. The molecule has 1 aliphatic rings. The Morgan fingerprint density at radius 1 is 1.37 bits per heavy atom. The van der Waals surface area contributed by atoms with Crippen LogP contribution in [0.2, 0.25) is 0 Å². The van der Waals surface area contributed by atoms with E-state index in [0.29, 0.717) is 0 Å². The number of aryl methyl sites for hydroxylation is 1. The summed E-state index contributed by atoms with van der Waals surface area (Å²) in [6.07, 6.45) is 5.51. The minimum absolute atomic E-state index is 0.790. The fourth-order valence-corrected chi connectivity index (χ4v) is 3.23. The Hall–Kier alpha value is -0.740. The summed E-state index contributed by atoms with van der Waals surface area (Å²) in [4.78, 5) is 2.48. The van der Waals surface area contributed by atoms with Crippen LogP contribution in [0.5, 0.6) is 0 Å². The van der Waals surface area contributed by atoms with Crippen LogP contribution < -0.4 is 11.1 Å². The summed E-state index contributed by atoms with van der Waals surface area (Å²) < 4.78 is 1.04. The first-order valence-corrected chi connectivity index (χ1v) is 7.87. The van der Waals surface area contributed by atoms with Crippen LogP contribution in [0.4, 0.5) is 11.4 Å². The van der Waals surface area contributed by atoms with Gasteiger partial charge in [-0.05, 0) is 60.4 Å². The summed E-state index contributed by atoms with van der Waals surface area (Å²) in [5, 5.41) is 3.49. The molecule has 0 saturated heterocycles. The number of nitrogen functional groups attached to an aromatic ring is 1. The number of nitrogens with two attached hydrogens (primary N) is 1. The zero-order valence-corrected chi connectivity index (χ0v) is 13.5. The molecule has 0 radical (unpaired) electrons. The van der Waals surface area contributed by atoms with Gasteiger partial charge in [0, 0.05) is 35.0 Å². The molecule has 1 fully saturated rings. The largest absolute Gasteiger partial charge is 0.398 e. The molecule has 1 aromatic carbocycles. The monoisotopic (exact) mass is 325 g/mol. The van der Waals surface area contributed by atoms with Crippen LogP contribution in [0.25, 0.3) is 0 Å². The predicted octanol–water partition coefficient (Wildman–Crippen LogP) is 3.63. The number of nitrogens with one attached hydrogen (secondary N) is 1. The van der Waals surface area contributed by atoms with Crippen molar-refractivity contribution < 1.29 is 0 Å². The van der Waals surface area contributed by atoms with Gasteiger partial charge in [-0.1, -0.05) is 12.8 Å². The third kappa shape index (κ3) is 3.86. The zero-order valence-electron chi connectivity index (χ0n) is 11.9. The van der Waals surface area contributed by atoms with E-state index in [0.717, 1.165) is 40.5 Å². The Bertz CT molecular complexity index is 428. The second-order valence-electron chi connectivity index (χ2n) is 5.53. The maximum atomic E-state index is 5.88. The minimum atomic E-state index is 0.790. The van der Waals surface area contributed by atoms with Crippen LogP contribution in [-0.4, -0.2) is 31.1 Å². The molecule has 0 bridgehead atoms. The van der Waals surface area contributed by atoms with Crippen molar-refractivity contribution in [1.29, 1.82) is 0 Å². The Morgan fingerprint density at radius 3 is 2.74 bits per heavy atom. The number of halogens is 1. The van der Waals surface area contributed by atoms with E-state index in [1.165, 1.54) is 25.7 Å². The molecule has 0 unspecified atom stereocenters. The van der Waals surface area contributed by atoms with Crippen molar-refractivity contribution in [2.45, 2.75) is 38.6 Å². The maximum Gasteiger partial charge on any atom is 0.0489 e. The van der Waals surface area contributed by atoms with Gasteiger partial charge in [0.15, 0.2) is 0 Å². The Labute approximate surface area is 124 Å². The van der Waals surface area contributed by atoms with Crippen LogP contribution in [0.3, 0.4) is 0 Å². The molecular formula is C15H24BrN3. The average Bonchev–Trinajstić information content (AvgIpc) is 2.89. The summed E-state index contributed by atoms with van der Waals surface area (Å²) in [6.45, 7) is 4.09. The van der Waals surface area contributed by atoms with Crippen LogP contribution in [0.15, 0.2) is 16.6 Å². The first kappa shape index (κ1) is 14.7. The summed E-state index contributed by atoms with van der Waals surface area (Å²) in [5.74, 6) is 0. The highest BCUT2D eigenvalue weighted by molar-refractivity contribution is 9.10. The molecule has 3 N–H and O–H groups in total. The number of likely N-dealkylation sites (N-methyl/N-ethyl adjacent to an activating group) is 1. The highest BCUT2D eigenvalue weighted by Gasteiger charge is 2.18. The lowest BCUT2D eigenvalue weighted by Crippen LogP contribution is -2.33. The lowest BCUT2D eigenvalue weighted by atomic mass is 10.2. The third-order valence-corrected chi connectivity index (χ3v) is 4.74. The Balaban J connectivity index is 1.83. The fourth-order valence-electron chi connectivity index (χ4n) is 2.73.